The van der Waals surface area contributed by atoms with E-state index in [-0.39, 0.29) is 29.7 Å². The number of rotatable bonds is 10. The number of halogens is 3. The highest BCUT2D eigenvalue weighted by molar-refractivity contribution is 7.09. The zero-order valence-corrected chi connectivity index (χ0v) is 20.6. The van der Waals surface area contributed by atoms with E-state index in [1.54, 1.807) is 54.6 Å². The molecule has 198 valence electrons. The molecule has 0 radical (unpaired) electrons. The van der Waals surface area contributed by atoms with Crippen LogP contribution in [-0.4, -0.2) is 35.6 Å². The molecule has 0 saturated heterocycles. The SMILES string of the molecule is O=C(OCC(COc1ccc(Cc2sc(=O)[nH]c2O)cc1)c1ccc(OC(F)(F)F)cc1)c1ccccc1. The molecule has 0 spiro atoms. The molecule has 1 atom stereocenters. The van der Waals surface area contributed by atoms with Crippen LogP contribution in [0.5, 0.6) is 17.4 Å². The zero-order valence-electron chi connectivity index (χ0n) is 19.7. The van der Waals surface area contributed by atoms with Gasteiger partial charge in [0.2, 0.25) is 5.88 Å². The second-order valence-corrected chi connectivity index (χ2v) is 9.26. The molecule has 1 unspecified atom stereocenters. The highest BCUT2D eigenvalue weighted by Crippen LogP contribution is 2.27. The number of aromatic amines is 1. The Hall–Kier alpha value is -4.25. The molecule has 4 rings (SSSR count). The highest BCUT2D eigenvalue weighted by Gasteiger charge is 2.31. The van der Waals surface area contributed by atoms with Crippen LogP contribution < -0.4 is 14.3 Å². The summed E-state index contributed by atoms with van der Waals surface area (Å²) in [5, 5.41) is 9.77. The number of ether oxygens (including phenoxy) is 3. The molecule has 2 N–H and O–H groups in total. The van der Waals surface area contributed by atoms with Crippen LogP contribution in [0.3, 0.4) is 0 Å². The monoisotopic (exact) mass is 545 g/mol. The lowest BCUT2D eigenvalue weighted by molar-refractivity contribution is -0.274. The maximum Gasteiger partial charge on any atom is 0.573 e. The van der Waals surface area contributed by atoms with E-state index in [9.17, 15) is 27.9 Å². The van der Waals surface area contributed by atoms with E-state index >= 15 is 0 Å². The average molecular weight is 546 g/mol. The normalized spacial score (nSPS) is 12.1. The van der Waals surface area contributed by atoms with Crippen LogP contribution in [0, 0.1) is 0 Å². The number of thiazole rings is 1. The summed E-state index contributed by atoms with van der Waals surface area (Å²) in [4.78, 5) is 26.3. The van der Waals surface area contributed by atoms with Gasteiger partial charge in [0.1, 0.15) is 18.1 Å². The smallest absolute Gasteiger partial charge is 0.494 e. The van der Waals surface area contributed by atoms with Gasteiger partial charge < -0.3 is 19.3 Å². The Kier molecular flexibility index (Phi) is 8.37. The molecular formula is C27H22F3NO6S. The first-order valence-electron chi connectivity index (χ1n) is 11.4. The van der Waals surface area contributed by atoms with Crippen molar-refractivity contribution in [1.82, 2.24) is 4.98 Å². The third kappa shape index (κ3) is 7.62. The maximum atomic E-state index is 12.5. The lowest BCUT2D eigenvalue weighted by Gasteiger charge is -2.19. The molecule has 0 aliphatic carbocycles. The van der Waals surface area contributed by atoms with Crippen LogP contribution in [0.15, 0.2) is 83.7 Å². The Morgan fingerprint density at radius 2 is 1.58 bits per heavy atom. The second-order valence-electron chi connectivity index (χ2n) is 8.20. The van der Waals surface area contributed by atoms with Gasteiger partial charge in [-0.3, -0.25) is 9.78 Å². The third-order valence-electron chi connectivity index (χ3n) is 5.45. The minimum atomic E-state index is -4.81. The molecule has 3 aromatic carbocycles. The fourth-order valence-corrected chi connectivity index (χ4v) is 4.33. The quantitative estimate of drug-likeness (QED) is 0.250. The molecule has 4 aromatic rings. The zero-order chi connectivity index (χ0) is 27.1. The Labute approximate surface area is 219 Å². The van der Waals surface area contributed by atoms with Crippen molar-refractivity contribution in [3.8, 4) is 17.4 Å². The van der Waals surface area contributed by atoms with E-state index in [2.05, 4.69) is 9.72 Å². The molecule has 38 heavy (non-hydrogen) atoms. The summed E-state index contributed by atoms with van der Waals surface area (Å²) in [6, 6.07) is 20.7. The fraction of sp³-hybridized carbons (Fsp3) is 0.185. The van der Waals surface area contributed by atoms with Crippen LogP contribution in [0.25, 0.3) is 0 Å². The fourth-order valence-electron chi connectivity index (χ4n) is 3.57. The first-order valence-corrected chi connectivity index (χ1v) is 12.2. The number of esters is 1. The number of alkyl halides is 3. The third-order valence-corrected chi connectivity index (χ3v) is 6.32. The molecule has 0 fully saturated rings. The Morgan fingerprint density at radius 1 is 0.921 bits per heavy atom. The van der Waals surface area contributed by atoms with E-state index < -0.39 is 18.2 Å². The minimum Gasteiger partial charge on any atom is -0.494 e. The lowest BCUT2D eigenvalue weighted by atomic mass is 10.0. The summed E-state index contributed by atoms with van der Waals surface area (Å²) in [5.74, 6) is -1.03. The molecule has 0 aliphatic rings. The van der Waals surface area contributed by atoms with Gasteiger partial charge in [0, 0.05) is 6.42 Å². The second kappa shape index (κ2) is 11.9. The van der Waals surface area contributed by atoms with E-state index in [4.69, 9.17) is 9.47 Å². The summed E-state index contributed by atoms with van der Waals surface area (Å²) in [6.45, 7) is -0.00191. The number of nitrogens with one attached hydrogen (secondary N) is 1. The largest absolute Gasteiger partial charge is 0.573 e. The van der Waals surface area contributed by atoms with Crippen molar-refractivity contribution in [3.63, 3.8) is 0 Å². The summed E-state index contributed by atoms with van der Waals surface area (Å²) < 4.78 is 52.9. The Bertz CT molecular complexity index is 1400. The molecule has 0 amide bonds. The summed E-state index contributed by atoms with van der Waals surface area (Å²) in [6.07, 6.45) is -4.45. The van der Waals surface area contributed by atoms with Gasteiger partial charge in [0.15, 0.2) is 0 Å². The Balaban J connectivity index is 1.43. The van der Waals surface area contributed by atoms with Gasteiger partial charge in [-0.1, -0.05) is 53.8 Å². The predicted octanol–water partition coefficient (Wildman–Crippen LogP) is 5.65. The van der Waals surface area contributed by atoms with Crippen LogP contribution in [-0.2, 0) is 11.2 Å². The van der Waals surface area contributed by atoms with Gasteiger partial charge in [-0.05, 0) is 47.5 Å². The topological polar surface area (TPSA) is 97.9 Å². The van der Waals surface area contributed by atoms with Gasteiger partial charge >= 0.3 is 17.2 Å². The van der Waals surface area contributed by atoms with Gasteiger partial charge in [0.25, 0.3) is 0 Å². The van der Waals surface area contributed by atoms with Crippen molar-refractivity contribution < 1.29 is 37.3 Å². The van der Waals surface area contributed by atoms with Crippen LogP contribution >= 0.6 is 11.3 Å². The standard InChI is InChI=1S/C27H22F3NO6S/c28-27(29,30)37-22-12-8-18(9-13-22)20(16-36-25(33)19-4-2-1-3-5-19)15-35-21-10-6-17(7-11-21)14-23-24(32)31-26(34)38-23/h1-13,20,32H,14-16H2,(H,31,34). The highest BCUT2D eigenvalue weighted by atomic mass is 32.1. The van der Waals surface area contributed by atoms with Gasteiger partial charge in [-0.2, -0.15) is 0 Å². The first-order chi connectivity index (χ1) is 18.2. The van der Waals surface area contributed by atoms with Gasteiger partial charge in [0.05, 0.1) is 23.0 Å². The van der Waals surface area contributed by atoms with E-state index in [1.807, 2.05) is 0 Å². The molecule has 1 aromatic heterocycles. The number of hydrogen-bond acceptors (Lipinski definition) is 7. The number of carbonyl (C=O) groups is 1. The molecule has 11 heteroatoms. The van der Waals surface area contributed by atoms with Crippen molar-refractivity contribution in [2.24, 2.45) is 0 Å². The number of hydrogen-bond donors (Lipinski definition) is 2. The van der Waals surface area contributed by atoms with Crippen molar-refractivity contribution in [2.45, 2.75) is 18.7 Å². The first kappa shape index (κ1) is 26.8. The van der Waals surface area contributed by atoms with Crippen molar-refractivity contribution in [2.75, 3.05) is 13.2 Å². The van der Waals surface area contributed by atoms with Crippen LogP contribution in [0.4, 0.5) is 13.2 Å². The summed E-state index contributed by atoms with van der Waals surface area (Å²) >= 11 is 0.930. The van der Waals surface area contributed by atoms with Crippen molar-refractivity contribution in [1.29, 1.82) is 0 Å². The maximum absolute atomic E-state index is 12.5. The summed E-state index contributed by atoms with van der Waals surface area (Å²) in [5.41, 5.74) is 1.81. The van der Waals surface area contributed by atoms with Crippen molar-refractivity contribution >= 4 is 17.3 Å². The number of aromatic hydroxyl groups is 1. The molecule has 7 nitrogen and oxygen atoms in total. The number of carbonyl (C=O) groups excluding carboxylic acids is 1. The molecule has 0 aliphatic heterocycles. The van der Waals surface area contributed by atoms with Gasteiger partial charge in [-0.15, -0.1) is 13.2 Å². The van der Waals surface area contributed by atoms with Crippen molar-refractivity contribution in [3.05, 3.63) is 110 Å². The van der Waals surface area contributed by atoms with E-state index in [0.29, 0.717) is 28.2 Å². The van der Waals surface area contributed by atoms with E-state index in [1.165, 1.54) is 24.3 Å². The van der Waals surface area contributed by atoms with E-state index in [0.717, 1.165) is 16.9 Å². The van der Waals surface area contributed by atoms with Crippen LogP contribution in [0.2, 0.25) is 0 Å². The molecule has 1 heterocycles. The number of benzene rings is 3. The van der Waals surface area contributed by atoms with Crippen LogP contribution in [0.1, 0.15) is 32.3 Å². The van der Waals surface area contributed by atoms with Gasteiger partial charge in [-0.25, -0.2) is 4.79 Å². The lowest BCUT2D eigenvalue weighted by Crippen LogP contribution is -2.19. The minimum absolute atomic E-state index is 0.0705. The number of H-pyrrole nitrogens is 1. The summed E-state index contributed by atoms with van der Waals surface area (Å²) in [7, 11) is 0. The Morgan fingerprint density at radius 3 is 2.18 bits per heavy atom. The predicted molar refractivity (Wildman–Crippen MR) is 134 cm³/mol. The number of aromatic nitrogens is 1. The molecule has 0 saturated carbocycles. The molecular weight excluding hydrogens is 523 g/mol. The molecule has 0 bridgehead atoms. The average Bonchev–Trinajstić information content (AvgIpc) is 3.21.